The van der Waals surface area contributed by atoms with Crippen LogP contribution in [-0.4, -0.2) is 9.78 Å². The number of ether oxygens (including phenoxy) is 1. The maximum atomic E-state index is 6.14. The van der Waals surface area contributed by atoms with Crippen molar-refractivity contribution in [3.63, 3.8) is 0 Å². The Morgan fingerprint density at radius 2 is 1.90 bits per heavy atom. The van der Waals surface area contributed by atoms with Gasteiger partial charge in [0.15, 0.2) is 0 Å². The van der Waals surface area contributed by atoms with Crippen LogP contribution in [-0.2, 0) is 12.0 Å². The molecule has 0 saturated carbocycles. The Bertz CT molecular complexity index is 651. The molecule has 4 nitrogen and oxygen atoms in total. The third-order valence-electron chi connectivity index (χ3n) is 3.57. The zero-order valence-corrected chi connectivity index (χ0v) is 13.8. The van der Waals surface area contributed by atoms with Gasteiger partial charge in [0.1, 0.15) is 11.4 Å². The molecule has 0 aliphatic heterocycles. The summed E-state index contributed by atoms with van der Waals surface area (Å²) in [5.74, 6) is 1.47. The van der Waals surface area contributed by atoms with Crippen LogP contribution in [0.25, 0.3) is 0 Å². The zero-order chi connectivity index (χ0) is 15.8. The van der Waals surface area contributed by atoms with E-state index in [-0.39, 0.29) is 5.41 Å². The standard InChI is InChI=1S/C17H25N3O/c1-7-20-16(15(18)12(3)19-20)21-14-9-8-11(2)10-13(14)17(4,5)6/h8-10H,7,18H2,1-6H3. The molecule has 2 N–H and O–H groups in total. The molecule has 0 fully saturated rings. The van der Waals surface area contributed by atoms with Crippen LogP contribution in [0.15, 0.2) is 18.2 Å². The van der Waals surface area contributed by atoms with Crippen LogP contribution in [0.5, 0.6) is 11.6 Å². The Balaban J connectivity index is 2.50. The third-order valence-corrected chi connectivity index (χ3v) is 3.57. The van der Waals surface area contributed by atoms with Crippen molar-refractivity contribution < 1.29 is 4.74 Å². The molecule has 4 heteroatoms. The van der Waals surface area contributed by atoms with Gasteiger partial charge in [0.2, 0.25) is 5.88 Å². The summed E-state index contributed by atoms with van der Waals surface area (Å²) >= 11 is 0. The van der Waals surface area contributed by atoms with Crippen LogP contribution in [0.1, 0.15) is 44.5 Å². The number of hydrogen-bond acceptors (Lipinski definition) is 3. The van der Waals surface area contributed by atoms with Crippen molar-refractivity contribution in [2.24, 2.45) is 0 Å². The lowest BCUT2D eigenvalue weighted by molar-refractivity contribution is 0.404. The van der Waals surface area contributed by atoms with Gasteiger partial charge in [-0.3, -0.25) is 0 Å². The zero-order valence-electron chi connectivity index (χ0n) is 13.8. The van der Waals surface area contributed by atoms with E-state index in [9.17, 15) is 0 Å². The number of nitrogen functional groups attached to an aromatic ring is 1. The van der Waals surface area contributed by atoms with Gasteiger partial charge in [0, 0.05) is 12.1 Å². The molecule has 0 bridgehead atoms. The fourth-order valence-electron chi connectivity index (χ4n) is 2.32. The SMILES string of the molecule is CCn1nc(C)c(N)c1Oc1ccc(C)cc1C(C)(C)C. The molecular weight excluding hydrogens is 262 g/mol. The molecule has 21 heavy (non-hydrogen) atoms. The molecule has 0 unspecified atom stereocenters. The van der Waals surface area contributed by atoms with Crippen LogP contribution < -0.4 is 10.5 Å². The number of nitrogens with zero attached hydrogens (tertiary/aromatic N) is 2. The smallest absolute Gasteiger partial charge is 0.241 e. The summed E-state index contributed by atoms with van der Waals surface area (Å²) in [7, 11) is 0. The van der Waals surface area contributed by atoms with Crippen molar-refractivity contribution in [1.29, 1.82) is 0 Å². The van der Waals surface area contributed by atoms with Gasteiger partial charge in [-0.1, -0.05) is 38.5 Å². The van der Waals surface area contributed by atoms with E-state index in [0.717, 1.165) is 18.0 Å². The van der Waals surface area contributed by atoms with Gasteiger partial charge in [-0.2, -0.15) is 5.10 Å². The van der Waals surface area contributed by atoms with Crippen LogP contribution >= 0.6 is 0 Å². The first kappa shape index (κ1) is 15.4. The Morgan fingerprint density at radius 1 is 1.24 bits per heavy atom. The number of benzene rings is 1. The van der Waals surface area contributed by atoms with Gasteiger partial charge in [-0.15, -0.1) is 0 Å². The van der Waals surface area contributed by atoms with E-state index in [1.165, 1.54) is 11.1 Å². The Morgan fingerprint density at radius 3 is 2.48 bits per heavy atom. The van der Waals surface area contributed by atoms with Crippen molar-refractivity contribution in [2.45, 2.75) is 53.5 Å². The number of nitrogens with two attached hydrogens (primary N) is 1. The molecule has 2 rings (SSSR count). The fourth-order valence-corrected chi connectivity index (χ4v) is 2.32. The first-order valence-electron chi connectivity index (χ1n) is 7.36. The minimum atomic E-state index is 0.00221. The summed E-state index contributed by atoms with van der Waals surface area (Å²) in [6, 6.07) is 6.24. The number of rotatable bonds is 3. The van der Waals surface area contributed by atoms with E-state index in [0.29, 0.717) is 11.6 Å². The van der Waals surface area contributed by atoms with Gasteiger partial charge in [-0.25, -0.2) is 4.68 Å². The van der Waals surface area contributed by atoms with E-state index < -0.39 is 0 Å². The first-order chi connectivity index (χ1) is 9.74. The summed E-state index contributed by atoms with van der Waals surface area (Å²) in [4.78, 5) is 0. The van der Waals surface area contributed by atoms with Gasteiger partial charge in [-0.05, 0) is 32.3 Å². The minimum Gasteiger partial charge on any atom is -0.437 e. The molecule has 0 aliphatic rings. The molecule has 1 heterocycles. The van der Waals surface area contributed by atoms with Crippen LogP contribution in [0.2, 0.25) is 0 Å². The predicted octanol–water partition coefficient (Wildman–Crippen LogP) is 4.19. The summed E-state index contributed by atoms with van der Waals surface area (Å²) in [6.45, 7) is 13.3. The molecule has 0 spiro atoms. The molecule has 0 amide bonds. The normalized spacial score (nSPS) is 11.7. The summed E-state index contributed by atoms with van der Waals surface area (Å²) in [6.07, 6.45) is 0. The van der Waals surface area contributed by atoms with Gasteiger partial charge in [0.25, 0.3) is 0 Å². The number of anilines is 1. The first-order valence-corrected chi connectivity index (χ1v) is 7.36. The van der Waals surface area contributed by atoms with Gasteiger partial charge in [0.05, 0.1) is 5.69 Å². The van der Waals surface area contributed by atoms with Crippen LogP contribution in [0.4, 0.5) is 5.69 Å². The number of aromatic nitrogens is 2. The highest BCUT2D eigenvalue weighted by Gasteiger charge is 2.22. The third kappa shape index (κ3) is 3.04. The average Bonchev–Trinajstić information content (AvgIpc) is 2.67. The average molecular weight is 287 g/mol. The second-order valence-corrected chi connectivity index (χ2v) is 6.47. The highest BCUT2D eigenvalue weighted by Crippen LogP contribution is 2.37. The summed E-state index contributed by atoms with van der Waals surface area (Å²) in [5, 5.41) is 4.40. The number of aryl methyl sites for hydroxylation is 3. The topological polar surface area (TPSA) is 53.1 Å². The van der Waals surface area contributed by atoms with Gasteiger partial charge < -0.3 is 10.5 Å². The maximum absolute atomic E-state index is 6.14. The largest absolute Gasteiger partial charge is 0.437 e. The fraction of sp³-hybridized carbons (Fsp3) is 0.471. The van der Waals surface area contributed by atoms with Crippen molar-refractivity contribution in [2.75, 3.05) is 5.73 Å². The molecule has 2 aromatic rings. The molecule has 114 valence electrons. The molecular formula is C17H25N3O. The molecule has 0 saturated heterocycles. The molecule has 1 aromatic heterocycles. The van der Waals surface area contributed by atoms with Gasteiger partial charge >= 0.3 is 0 Å². The van der Waals surface area contributed by atoms with Crippen LogP contribution in [0, 0.1) is 13.8 Å². The number of hydrogen-bond donors (Lipinski definition) is 1. The molecule has 0 atom stereocenters. The minimum absolute atomic E-state index is 0.00221. The lowest BCUT2D eigenvalue weighted by Gasteiger charge is -2.23. The molecule has 0 radical (unpaired) electrons. The van der Waals surface area contributed by atoms with Crippen LogP contribution in [0.3, 0.4) is 0 Å². The molecule has 0 aliphatic carbocycles. The quantitative estimate of drug-likeness (QED) is 0.920. The molecule has 1 aromatic carbocycles. The van der Waals surface area contributed by atoms with Crippen molar-refractivity contribution in [3.8, 4) is 11.6 Å². The van der Waals surface area contributed by atoms with E-state index in [2.05, 4.69) is 44.9 Å². The maximum Gasteiger partial charge on any atom is 0.241 e. The summed E-state index contributed by atoms with van der Waals surface area (Å²) < 4.78 is 7.94. The monoisotopic (exact) mass is 287 g/mol. The Labute approximate surface area is 126 Å². The van der Waals surface area contributed by atoms with E-state index >= 15 is 0 Å². The second kappa shape index (κ2) is 5.43. The van der Waals surface area contributed by atoms with E-state index in [1.54, 1.807) is 4.68 Å². The summed E-state index contributed by atoms with van der Waals surface area (Å²) in [5.41, 5.74) is 9.91. The van der Waals surface area contributed by atoms with Crippen molar-refractivity contribution in [1.82, 2.24) is 9.78 Å². The second-order valence-electron chi connectivity index (χ2n) is 6.47. The highest BCUT2D eigenvalue weighted by atomic mass is 16.5. The van der Waals surface area contributed by atoms with Crippen molar-refractivity contribution >= 4 is 5.69 Å². The van der Waals surface area contributed by atoms with E-state index in [4.69, 9.17) is 10.5 Å². The van der Waals surface area contributed by atoms with E-state index in [1.807, 2.05) is 19.9 Å². The Hall–Kier alpha value is -1.97. The Kier molecular flexibility index (Phi) is 3.99. The highest BCUT2D eigenvalue weighted by molar-refractivity contribution is 5.55. The predicted molar refractivity (Wildman–Crippen MR) is 87.0 cm³/mol. The lowest BCUT2D eigenvalue weighted by atomic mass is 9.85. The van der Waals surface area contributed by atoms with Crippen molar-refractivity contribution in [3.05, 3.63) is 35.0 Å². The lowest BCUT2D eigenvalue weighted by Crippen LogP contribution is -2.13.